The monoisotopic (exact) mass is 420 g/mol. The van der Waals surface area contributed by atoms with Gasteiger partial charge in [-0.25, -0.2) is 14.8 Å². The fraction of sp³-hybridized carbons (Fsp3) is 0.412. The molecule has 0 aliphatic heterocycles. The van der Waals surface area contributed by atoms with Gasteiger partial charge in [0.25, 0.3) is 0 Å². The second kappa shape index (κ2) is 10.7. The van der Waals surface area contributed by atoms with Crippen molar-refractivity contribution >= 4 is 23.7 Å². The standard InChI is InChI=1S/C17H24N8O5/c18-11(3-9-5-20-7-22-9)15(27)25-13(4-10-6-21-8-23-10)16(28)24-12(17(29)30)1-2-14(19)26/h5-8,11-13H,1-4,18H2,(H2,19,26)(H,20,22)(H,21,23)(H,24,28)(H,25,27)(H,29,30)/t11-,12-,13-/m0/s1. The minimum Gasteiger partial charge on any atom is -0.480 e. The van der Waals surface area contributed by atoms with Gasteiger partial charge in [-0.3, -0.25) is 14.4 Å². The Morgan fingerprint density at radius 2 is 1.53 bits per heavy atom. The number of H-pyrrole nitrogens is 2. The van der Waals surface area contributed by atoms with E-state index in [1.54, 1.807) is 6.20 Å². The first kappa shape index (κ1) is 22.5. The summed E-state index contributed by atoms with van der Waals surface area (Å²) in [6.45, 7) is 0. The third-order valence-electron chi connectivity index (χ3n) is 4.22. The lowest BCUT2D eigenvalue weighted by molar-refractivity contribution is -0.142. The van der Waals surface area contributed by atoms with Crippen molar-refractivity contribution in [2.24, 2.45) is 11.5 Å². The number of nitrogens with two attached hydrogens (primary N) is 2. The van der Waals surface area contributed by atoms with E-state index in [-0.39, 0.29) is 25.7 Å². The number of nitrogens with zero attached hydrogens (tertiary/aromatic N) is 2. The van der Waals surface area contributed by atoms with E-state index < -0.39 is 41.8 Å². The summed E-state index contributed by atoms with van der Waals surface area (Å²) >= 11 is 0. The molecular weight excluding hydrogens is 396 g/mol. The van der Waals surface area contributed by atoms with Crippen LogP contribution in [0.25, 0.3) is 0 Å². The SMILES string of the molecule is NC(=O)CC[C@H](NC(=O)[C@H](Cc1c[nH]cn1)NC(=O)[C@@H](N)Cc1c[nH]cn1)C(=O)O. The van der Waals surface area contributed by atoms with Crippen LogP contribution >= 0.6 is 0 Å². The molecule has 0 saturated carbocycles. The van der Waals surface area contributed by atoms with Crippen LogP contribution in [0.4, 0.5) is 0 Å². The van der Waals surface area contributed by atoms with Crippen LogP contribution in [-0.2, 0) is 32.0 Å². The van der Waals surface area contributed by atoms with Gasteiger partial charge in [0.15, 0.2) is 0 Å². The maximum Gasteiger partial charge on any atom is 0.326 e. The normalized spacial score (nSPS) is 13.8. The second-order valence-electron chi connectivity index (χ2n) is 6.60. The number of aromatic nitrogens is 4. The molecule has 0 spiro atoms. The van der Waals surface area contributed by atoms with Crippen LogP contribution in [0.15, 0.2) is 25.0 Å². The summed E-state index contributed by atoms with van der Waals surface area (Å²) in [5, 5.41) is 14.1. The first-order chi connectivity index (χ1) is 14.3. The van der Waals surface area contributed by atoms with Gasteiger partial charge in [0.05, 0.1) is 30.1 Å². The topological polar surface area (TPSA) is 222 Å². The molecule has 2 aromatic heterocycles. The number of aromatic amines is 2. The average molecular weight is 420 g/mol. The lowest BCUT2D eigenvalue weighted by atomic mass is 10.1. The molecule has 3 amide bonds. The van der Waals surface area contributed by atoms with Crippen molar-refractivity contribution in [2.75, 3.05) is 0 Å². The van der Waals surface area contributed by atoms with Gasteiger partial charge in [0.2, 0.25) is 17.7 Å². The number of aliphatic carboxylic acids is 1. The zero-order valence-corrected chi connectivity index (χ0v) is 16.0. The van der Waals surface area contributed by atoms with Crippen molar-refractivity contribution in [3.8, 4) is 0 Å². The third-order valence-corrected chi connectivity index (χ3v) is 4.22. The largest absolute Gasteiger partial charge is 0.480 e. The lowest BCUT2D eigenvalue weighted by Gasteiger charge is -2.22. The van der Waals surface area contributed by atoms with Gasteiger partial charge in [-0.15, -0.1) is 0 Å². The molecule has 0 saturated heterocycles. The van der Waals surface area contributed by atoms with Gasteiger partial charge in [-0.2, -0.15) is 0 Å². The highest BCUT2D eigenvalue weighted by atomic mass is 16.4. The summed E-state index contributed by atoms with van der Waals surface area (Å²) in [5.41, 5.74) is 12.0. The average Bonchev–Trinajstić information content (AvgIpc) is 3.37. The lowest BCUT2D eigenvalue weighted by Crippen LogP contribution is -2.55. The maximum absolute atomic E-state index is 12.7. The quantitative estimate of drug-likeness (QED) is 0.195. The predicted molar refractivity (Wildman–Crippen MR) is 102 cm³/mol. The molecule has 9 N–H and O–H groups in total. The number of carbonyl (C=O) groups is 4. The van der Waals surface area contributed by atoms with E-state index in [0.29, 0.717) is 11.4 Å². The summed E-state index contributed by atoms with van der Waals surface area (Å²) in [5.74, 6) is -3.39. The minimum atomic E-state index is -1.35. The Hall–Kier alpha value is -3.74. The number of nitrogens with one attached hydrogen (secondary N) is 4. The Balaban J connectivity index is 2.06. The second-order valence-corrected chi connectivity index (χ2v) is 6.60. The van der Waals surface area contributed by atoms with Crippen LogP contribution < -0.4 is 22.1 Å². The van der Waals surface area contributed by atoms with Crippen LogP contribution in [0.3, 0.4) is 0 Å². The van der Waals surface area contributed by atoms with Gasteiger partial charge >= 0.3 is 5.97 Å². The number of carboxylic acids is 1. The highest BCUT2D eigenvalue weighted by Gasteiger charge is 2.29. The van der Waals surface area contributed by atoms with E-state index in [2.05, 4.69) is 30.6 Å². The van der Waals surface area contributed by atoms with Crippen molar-refractivity contribution in [3.63, 3.8) is 0 Å². The number of imidazole rings is 2. The molecular formula is C17H24N8O5. The molecule has 30 heavy (non-hydrogen) atoms. The number of rotatable bonds is 12. The van der Waals surface area contributed by atoms with Crippen LogP contribution in [0.5, 0.6) is 0 Å². The highest BCUT2D eigenvalue weighted by Crippen LogP contribution is 2.04. The van der Waals surface area contributed by atoms with Gasteiger partial charge in [0, 0.05) is 31.7 Å². The molecule has 0 fully saturated rings. The summed E-state index contributed by atoms with van der Waals surface area (Å²) < 4.78 is 0. The van der Waals surface area contributed by atoms with E-state index in [4.69, 9.17) is 11.5 Å². The maximum atomic E-state index is 12.7. The van der Waals surface area contributed by atoms with E-state index >= 15 is 0 Å². The summed E-state index contributed by atoms with van der Waals surface area (Å²) in [6.07, 6.45) is 5.73. The van der Waals surface area contributed by atoms with Crippen LogP contribution in [0.1, 0.15) is 24.2 Å². The number of hydrogen-bond donors (Lipinski definition) is 7. The number of amides is 3. The van der Waals surface area contributed by atoms with Gasteiger partial charge in [0.1, 0.15) is 12.1 Å². The molecule has 0 bridgehead atoms. The van der Waals surface area contributed by atoms with E-state index in [0.717, 1.165) is 0 Å². The number of hydrogen-bond acceptors (Lipinski definition) is 7. The Labute approximate surface area is 171 Å². The van der Waals surface area contributed by atoms with Crippen LogP contribution in [0, 0.1) is 0 Å². The van der Waals surface area contributed by atoms with Crippen molar-refractivity contribution < 1.29 is 24.3 Å². The third kappa shape index (κ3) is 7.01. The smallest absolute Gasteiger partial charge is 0.326 e. The molecule has 0 aliphatic rings. The predicted octanol–water partition coefficient (Wildman–Crippen LogP) is -2.43. The van der Waals surface area contributed by atoms with E-state index in [1.807, 2.05) is 0 Å². The zero-order valence-electron chi connectivity index (χ0n) is 16.0. The first-order valence-corrected chi connectivity index (χ1v) is 9.09. The minimum absolute atomic E-state index is 0.00163. The molecule has 2 aromatic rings. The summed E-state index contributed by atoms with van der Waals surface area (Å²) in [7, 11) is 0. The molecule has 0 aromatic carbocycles. The van der Waals surface area contributed by atoms with Gasteiger partial charge in [-0.05, 0) is 6.42 Å². The molecule has 2 heterocycles. The molecule has 3 atom stereocenters. The zero-order chi connectivity index (χ0) is 22.1. The molecule has 162 valence electrons. The molecule has 13 nitrogen and oxygen atoms in total. The highest BCUT2D eigenvalue weighted by molar-refractivity contribution is 5.92. The van der Waals surface area contributed by atoms with Crippen LogP contribution in [-0.4, -0.2) is 66.9 Å². The number of carboxylic acid groups (broad SMARTS) is 1. The Kier molecular flexibility index (Phi) is 8.05. The van der Waals surface area contributed by atoms with E-state index in [9.17, 15) is 24.3 Å². The van der Waals surface area contributed by atoms with E-state index in [1.165, 1.54) is 18.9 Å². The van der Waals surface area contributed by atoms with Crippen molar-refractivity contribution in [1.29, 1.82) is 0 Å². The van der Waals surface area contributed by atoms with Crippen molar-refractivity contribution in [2.45, 2.75) is 43.8 Å². The van der Waals surface area contributed by atoms with Crippen LogP contribution in [0.2, 0.25) is 0 Å². The Morgan fingerprint density at radius 3 is 2.03 bits per heavy atom. The summed E-state index contributed by atoms with van der Waals surface area (Å²) in [4.78, 5) is 61.0. The molecule has 0 aliphatic carbocycles. The van der Waals surface area contributed by atoms with Gasteiger partial charge < -0.3 is 37.2 Å². The van der Waals surface area contributed by atoms with Crippen molar-refractivity contribution in [3.05, 3.63) is 36.4 Å². The fourth-order valence-corrected chi connectivity index (χ4v) is 2.64. The molecule has 0 unspecified atom stereocenters. The Morgan fingerprint density at radius 1 is 0.967 bits per heavy atom. The fourth-order valence-electron chi connectivity index (χ4n) is 2.64. The molecule has 2 rings (SSSR count). The van der Waals surface area contributed by atoms with Gasteiger partial charge in [-0.1, -0.05) is 0 Å². The first-order valence-electron chi connectivity index (χ1n) is 9.09. The number of primary amides is 1. The number of carbonyl (C=O) groups excluding carboxylic acids is 3. The van der Waals surface area contributed by atoms with Crippen molar-refractivity contribution in [1.82, 2.24) is 30.6 Å². The molecule has 0 radical (unpaired) electrons. The Bertz CT molecular complexity index is 852. The summed E-state index contributed by atoms with van der Waals surface area (Å²) in [6, 6.07) is -3.46. The molecule has 13 heteroatoms.